The first kappa shape index (κ1) is 11.4. The predicted octanol–water partition coefficient (Wildman–Crippen LogP) is 2.09. The molecule has 4 nitrogen and oxygen atoms in total. The molecule has 0 unspecified atom stereocenters. The average Bonchev–Trinajstić information content (AvgIpc) is 2.64. The highest BCUT2D eigenvalue weighted by atomic mass is 35.5. The van der Waals surface area contributed by atoms with Crippen molar-refractivity contribution in [1.29, 1.82) is 0 Å². The Hall–Kier alpha value is -1.10. The van der Waals surface area contributed by atoms with Crippen molar-refractivity contribution in [2.45, 2.75) is 13.1 Å². The Labute approximate surface area is 103 Å². The van der Waals surface area contributed by atoms with E-state index in [1.54, 1.807) is 16.9 Å². The summed E-state index contributed by atoms with van der Waals surface area (Å²) in [5.41, 5.74) is 7.18. The molecule has 0 saturated heterocycles. The lowest BCUT2D eigenvalue weighted by atomic mass is 10.2. The van der Waals surface area contributed by atoms with Crippen LogP contribution in [-0.4, -0.2) is 15.0 Å². The van der Waals surface area contributed by atoms with Gasteiger partial charge in [-0.05, 0) is 23.8 Å². The minimum Gasteiger partial charge on any atom is -0.325 e. The number of nitrogens with two attached hydrogens (primary N) is 1. The molecule has 0 fully saturated rings. The SMILES string of the molecule is NCc1cn(Cc2cc(Cl)cc(Cl)c2)nn1. The molecule has 0 spiro atoms. The molecular weight excluding hydrogens is 247 g/mol. The zero-order chi connectivity index (χ0) is 11.5. The van der Waals surface area contributed by atoms with Crippen LogP contribution in [0.2, 0.25) is 10.0 Å². The van der Waals surface area contributed by atoms with Crippen molar-refractivity contribution in [2.75, 3.05) is 0 Å². The molecule has 0 amide bonds. The van der Waals surface area contributed by atoms with Gasteiger partial charge in [-0.25, -0.2) is 4.68 Å². The van der Waals surface area contributed by atoms with Gasteiger partial charge in [-0.15, -0.1) is 5.10 Å². The Morgan fingerprint density at radius 3 is 2.44 bits per heavy atom. The van der Waals surface area contributed by atoms with Crippen LogP contribution in [0.25, 0.3) is 0 Å². The molecule has 0 atom stereocenters. The summed E-state index contributed by atoms with van der Waals surface area (Å²) < 4.78 is 1.70. The molecule has 6 heteroatoms. The largest absolute Gasteiger partial charge is 0.325 e. The smallest absolute Gasteiger partial charge is 0.0962 e. The van der Waals surface area contributed by atoms with Crippen LogP contribution in [0.15, 0.2) is 24.4 Å². The molecule has 16 heavy (non-hydrogen) atoms. The molecule has 2 rings (SSSR count). The summed E-state index contributed by atoms with van der Waals surface area (Å²) in [7, 11) is 0. The van der Waals surface area contributed by atoms with Crippen molar-refractivity contribution in [3.05, 3.63) is 45.7 Å². The maximum atomic E-state index is 5.90. The molecule has 1 heterocycles. The van der Waals surface area contributed by atoms with Gasteiger partial charge in [0.25, 0.3) is 0 Å². The fourth-order valence-corrected chi connectivity index (χ4v) is 1.97. The second-order valence-electron chi connectivity index (χ2n) is 3.39. The van der Waals surface area contributed by atoms with Crippen LogP contribution < -0.4 is 5.73 Å². The van der Waals surface area contributed by atoms with Crippen LogP contribution >= 0.6 is 23.2 Å². The van der Waals surface area contributed by atoms with Gasteiger partial charge in [-0.2, -0.15) is 0 Å². The van der Waals surface area contributed by atoms with Gasteiger partial charge in [0, 0.05) is 16.6 Å². The Morgan fingerprint density at radius 2 is 1.88 bits per heavy atom. The number of aromatic nitrogens is 3. The van der Waals surface area contributed by atoms with Crippen LogP contribution in [0.3, 0.4) is 0 Å². The minimum atomic E-state index is 0.385. The summed E-state index contributed by atoms with van der Waals surface area (Å²) in [6.07, 6.45) is 1.80. The normalized spacial score (nSPS) is 10.7. The van der Waals surface area contributed by atoms with Gasteiger partial charge in [-0.1, -0.05) is 28.4 Å². The highest BCUT2D eigenvalue weighted by molar-refractivity contribution is 6.34. The van der Waals surface area contributed by atoms with Crippen molar-refractivity contribution in [3.63, 3.8) is 0 Å². The average molecular weight is 257 g/mol. The highest BCUT2D eigenvalue weighted by Crippen LogP contribution is 2.19. The van der Waals surface area contributed by atoms with E-state index < -0.39 is 0 Å². The Bertz CT molecular complexity index is 475. The molecule has 0 aliphatic rings. The zero-order valence-electron chi connectivity index (χ0n) is 8.40. The molecule has 0 saturated carbocycles. The third-order valence-electron chi connectivity index (χ3n) is 2.06. The van der Waals surface area contributed by atoms with E-state index in [1.165, 1.54) is 0 Å². The summed E-state index contributed by atoms with van der Waals surface area (Å²) in [6, 6.07) is 5.38. The fourth-order valence-electron chi connectivity index (χ4n) is 1.40. The summed E-state index contributed by atoms with van der Waals surface area (Å²) in [5, 5.41) is 9.07. The molecule has 84 valence electrons. The van der Waals surface area contributed by atoms with Gasteiger partial charge in [0.05, 0.1) is 18.4 Å². The van der Waals surface area contributed by atoms with E-state index in [9.17, 15) is 0 Å². The van der Waals surface area contributed by atoms with E-state index >= 15 is 0 Å². The first-order valence-electron chi connectivity index (χ1n) is 4.71. The molecule has 0 aliphatic heterocycles. The topological polar surface area (TPSA) is 56.7 Å². The van der Waals surface area contributed by atoms with Crippen molar-refractivity contribution in [2.24, 2.45) is 5.73 Å². The first-order valence-corrected chi connectivity index (χ1v) is 5.47. The monoisotopic (exact) mass is 256 g/mol. The lowest BCUT2D eigenvalue weighted by molar-refractivity contribution is 0.649. The van der Waals surface area contributed by atoms with E-state index in [-0.39, 0.29) is 0 Å². The van der Waals surface area contributed by atoms with Gasteiger partial charge >= 0.3 is 0 Å². The Kier molecular flexibility index (Phi) is 3.43. The van der Waals surface area contributed by atoms with E-state index in [0.717, 1.165) is 11.3 Å². The molecule has 0 aliphatic carbocycles. The summed E-state index contributed by atoms with van der Waals surface area (Å²) in [4.78, 5) is 0. The van der Waals surface area contributed by atoms with E-state index in [2.05, 4.69) is 10.3 Å². The summed E-state index contributed by atoms with van der Waals surface area (Å²) >= 11 is 11.8. The predicted molar refractivity (Wildman–Crippen MR) is 63.5 cm³/mol. The molecule has 0 bridgehead atoms. The van der Waals surface area contributed by atoms with E-state index in [0.29, 0.717) is 23.1 Å². The number of rotatable bonds is 3. The quantitative estimate of drug-likeness (QED) is 0.915. The second-order valence-corrected chi connectivity index (χ2v) is 4.26. The van der Waals surface area contributed by atoms with Crippen LogP contribution in [0.1, 0.15) is 11.3 Å². The molecule has 2 aromatic rings. The molecule has 2 N–H and O–H groups in total. The fraction of sp³-hybridized carbons (Fsp3) is 0.200. The Balaban J connectivity index is 2.19. The summed E-state index contributed by atoms with van der Waals surface area (Å²) in [5.74, 6) is 0. The van der Waals surface area contributed by atoms with E-state index in [4.69, 9.17) is 28.9 Å². The van der Waals surface area contributed by atoms with Gasteiger partial charge in [0.2, 0.25) is 0 Å². The van der Waals surface area contributed by atoms with Gasteiger partial charge in [-0.3, -0.25) is 0 Å². The lowest BCUT2D eigenvalue weighted by Gasteiger charge is -2.02. The van der Waals surface area contributed by atoms with Crippen molar-refractivity contribution in [3.8, 4) is 0 Å². The lowest BCUT2D eigenvalue weighted by Crippen LogP contribution is -2.00. The zero-order valence-corrected chi connectivity index (χ0v) is 9.91. The number of benzene rings is 1. The molecule has 1 aromatic heterocycles. The third kappa shape index (κ3) is 2.72. The maximum absolute atomic E-state index is 5.90. The van der Waals surface area contributed by atoms with Crippen molar-refractivity contribution in [1.82, 2.24) is 15.0 Å². The van der Waals surface area contributed by atoms with Crippen LogP contribution in [0, 0.1) is 0 Å². The maximum Gasteiger partial charge on any atom is 0.0962 e. The number of hydrogen-bond donors (Lipinski definition) is 1. The van der Waals surface area contributed by atoms with Crippen LogP contribution in [-0.2, 0) is 13.1 Å². The first-order chi connectivity index (χ1) is 7.67. The van der Waals surface area contributed by atoms with Gasteiger partial charge < -0.3 is 5.73 Å². The Morgan fingerprint density at radius 1 is 1.19 bits per heavy atom. The molecule has 0 radical (unpaired) electrons. The minimum absolute atomic E-state index is 0.385. The number of nitrogens with zero attached hydrogens (tertiary/aromatic N) is 3. The second kappa shape index (κ2) is 4.82. The molecular formula is C10H10Cl2N4. The molecule has 1 aromatic carbocycles. The van der Waals surface area contributed by atoms with Crippen molar-refractivity contribution < 1.29 is 0 Å². The van der Waals surface area contributed by atoms with Crippen LogP contribution in [0.5, 0.6) is 0 Å². The number of halogens is 2. The van der Waals surface area contributed by atoms with Gasteiger partial charge in [0.15, 0.2) is 0 Å². The third-order valence-corrected chi connectivity index (χ3v) is 2.50. The standard InChI is InChI=1S/C10H10Cl2N4/c11-8-1-7(2-9(12)3-8)5-16-6-10(4-13)14-15-16/h1-3,6H,4-5,13H2. The van der Waals surface area contributed by atoms with Crippen LogP contribution in [0.4, 0.5) is 0 Å². The highest BCUT2D eigenvalue weighted by Gasteiger charge is 2.02. The summed E-state index contributed by atoms with van der Waals surface area (Å²) in [6.45, 7) is 0.962. The van der Waals surface area contributed by atoms with Gasteiger partial charge in [0.1, 0.15) is 0 Å². The van der Waals surface area contributed by atoms with Crippen molar-refractivity contribution >= 4 is 23.2 Å². The number of hydrogen-bond acceptors (Lipinski definition) is 3. The van der Waals surface area contributed by atoms with E-state index in [1.807, 2.05) is 12.1 Å².